The van der Waals surface area contributed by atoms with Crippen LogP contribution in [0.15, 0.2) is 30.5 Å². The number of aromatic nitrogens is 1. The Kier molecular flexibility index (Phi) is 4.47. The van der Waals surface area contributed by atoms with E-state index in [1.165, 1.54) is 10.9 Å². The molecule has 1 aliphatic carbocycles. The predicted octanol–water partition coefficient (Wildman–Crippen LogP) is 2.62. The van der Waals surface area contributed by atoms with E-state index in [4.69, 9.17) is 0 Å². The molecule has 132 valence electrons. The Morgan fingerprint density at radius 1 is 1.20 bits per heavy atom. The summed E-state index contributed by atoms with van der Waals surface area (Å²) in [5, 5.41) is 4.27. The third kappa shape index (κ3) is 3.70. The number of nitrogens with one attached hydrogen (secondary N) is 2. The first-order valence-electron chi connectivity index (χ1n) is 9.34. The molecule has 2 aliphatic rings. The van der Waals surface area contributed by atoms with E-state index in [1.807, 2.05) is 29.3 Å². The minimum atomic E-state index is -0.0358. The van der Waals surface area contributed by atoms with Crippen LogP contribution in [0.5, 0.6) is 0 Å². The Bertz CT molecular complexity index is 778. The number of para-hydroxylation sites is 1. The van der Waals surface area contributed by atoms with Crippen molar-refractivity contribution in [1.82, 2.24) is 15.2 Å². The van der Waals surface area contributed by atoms with Crippen molar-refractivity contribution in [2.75, 3.05) is 13.1 Å². The number of hydrogen-bond acceptors (Lipinski definition) is 2. The van der Waals surface area contributed by atoms with Crippen molar-refractivity contribution < 1.29 is 9.59 Å². The number of aromatic amines is 1. The number of aryl methyl sites for hydroxylation is 1. The van der Waals surface area contributed by atoms with Crippen LogP contribution in [0.1, 0.15) is 37.7 Å². The number of amides is 2. The average molecular weight is 339 g/mol. The van der Waals surface area contributed by atoms with E-state index in [2.05, 4.69) is 16.4 Å². The zero-order chi connectivity index (χ0) is 17.2. The highest BCUT2D eigenvalue weighted by Crippen LogP contribution is 2.23. The molecule has 2 heterocycles. The van der Waals surface area contributed by atoms with Gasteiger partial charge in [-0.2, -0.15) is 0 Å². The van der Waals surface area contributed by atoms with E-state index in [9.17, 15) is 9.59 Å². The second-order valence-corrected chi connectivity index (χ2v) is 7.32. The molecule has 4 rings (SSSR count). The second kappa shape index (κ2) is 6.90. The van der Waals surface area contributed by atoms with Crippen LogP contribution in [0.4, 0.5) is 0 Å². The predicted molar refractivity (Wildman–Crippen MR) is 97.1 cm³/mol. The number of likely N-dealkylation sites (tertiary alicyclic amines) is 1. The van der Waals surface area contributed by atoms with Crippen molar-refractivity contribution in [1.29, 1.82) is 0 Å². The molecule has 1 saturated heterocycles. The van der Waals surface area contributed by atoms with Crippen molar-refractivity contribution in [3.05, 3.63) is 36.0 Å². The molecular weight excluding hydrogens is 314 g/mol. The molecule has 1 aromatic heterocycles. The first-order valence-corrected chi connectivity index (χ1v) is 9.34. The highest BCUT2D eigenvalue weighted by Gasteiger charge is 2.31. The Morgan fingerprint density at radius 2 is 2.04 bits per heavy atom. The molecule has 0 radical (unpaired) electrons. The van der Waals surface area contributed by atoms with Gasteiger partial charge in [0.25, 0.3) is 0 Å². The summed E-state index contributed by atoms with van der Waals surface area (Å²) < 4.78 is 0. The maximum atomic E-state index is 12.6. The molecule has 2 amide bonds. The summed E-state index contributed by atoms with van der Waals surface area (Å²) in [7, 11) is 0. The lowest BCUT2D eigenvalue weighted by molar-refractivity contribution is -0.135. The largest absolute Gasteiger partial charge is 0.361 e. The van der Waals surface area contributed by atoms with Crippen molar-refractivity contribution in [3.63, 3.8) is 0 Å². The fourth-order valence-corrected chi connectivity index (χ4v) is 3.70. The number of hydrogen-bond donors (Lipinski definition) is 2. The van der Waals surface area contributed by atoms with E-state index in [0.29, 0.717) is 19.0 Å². The summed E-state index contributed by atoms with van der Waals surface area (Å²) in [6.07, 6.45) is 7.25. The van der Waals surface area contributed by atoms with E-state index < -0.39 is 0 Å². The number of nitrogens with zero attached hydrogens (tertiary/aromatic N) is 1. The van der Waals surface area contributed by atoms with Crippen molar-refractivity contribution in [2.24, 2.45) is 5.92 Å². The first-order chi connectivity index (χ1) is 12.2. The summed E-state index contributed by atoms with van der Waals surface area (Å²) in [5.41, 5.74) is 2.30. The van der Waals surface area contributed by atoms with E-state index >= 15 is 0 Å². The topological polar surface area (TPSA) is 65.2 Å². The molecule has 0 unspecified atom stereocenters. The molecular formula is C20H25N3O2. The quantitative estimate of drug-likeness (QED) is 0.879. The van der Waals surface area contributed by atoms with Crippen molar-refractivity contribution in [3.8, 4) is 0 Å². The van der Waals surface area contributed by atoms with Gasteiger partial charge in [0.05, 0.1) is 5.92 Å². The van der Waals surface area contributed by atoms with Gasteiger partial charge in [0.15, 0.2) is 0 Å². The monoisotopic (exact) mass is 339 g/mol. The highest BCUT2D eigenvalue weighted by atomic mass is 16.2. The van der Waals surface area contributed by atoms with Gasteiger partial charge >= 0.3 is 0 Å². The molecule has 2 fully saturated rings. The summed E-state index contributed by atoms with van der Waals surface area (Å²) in [6, 6.07) is 8.56. The normalized spacial score (nSPS) is 20.6. The standard InChI is InChI=1S/C20H25N3O2/c24-19(10-7-14-12-21-18-6-2-1-5-17(14)18)23-11-3-4-15(13-23)20(25)22-16-8-9-16/h1-2,5-6,12,15-16,21H,3-4,7-11,13H2,(H,22,25)/t15-/m1/s1. The van der Waals surface area contributed by atoms with E-state index in [1.54, 1.807) is 0 Å². The summed E-state index contributed by atoms with van der Waals surface area (Å²) >= 11 is 0. The molecule has 1 saturated carbocycles. The van der Waals surface area contributed by atoms with Gasteiger partial charge in [0.1, 0.15) is 0 Å². The lowest BCUT2D eigenvalue weighted by Crippen LogP contribution is -2.45. The van der Waals surface area contributed by atoms with Gasteiger partial charge in [-0.05, 0) is 43.7 Å². The Hall–Kier alpha value is -2.30. The van der Waals surface area contributed by atoms with Crippen LogP contribution in [-0.4, -0.2) is 40.8 Å². The maximum absolute atomic E-state index is 12.6. The third-order valence-electron chi connectivity index (χ3n) is 5.35. The number of benzene rings is 1. The molecule has 5 heteroatoms. The van der Waals surface area contributed by atoms with Gasteiger partial charge < -0.3 is 15.2 Å². The number of rotatable bonds is 5. The minimum absolute atomic E-state index is 0.0358. The van der Waals surface area contributed by atoms with Gasteiger partial charge in [0.2, 0.25) is 11.8 Å². The number of H-pyrrole nitrogens is 1. The Labute approximate surface area is 147 Å². The average Bonchev–Trinajstić information content (AvgIpc) is 3.37. The Balaban J connectivity index is 1.33. The number of carbonyl (C=O) groups excluding carboxylic acids is 2. The SMILES string of the molecule is O=C(NC1CC1)[C@@H]1CCCN(C(=O)CCc2c[nH]c3ccccc23)C1. The summed E-state index contributed by atoms with van der Waals surface area (Å²) in [5.74, 6) is 0.261. The van der Waals surface area contributed by atoms with Gasteiger partial charge in [-0.15, -0.1) is 0 Å². The van der Waals surface area contributed by atoms with Crippen LogP contribution in [0.3, 0.4) is 0 Å². The lowest BCUT2D eigenvalue weighted by atomic mass is 9.96. The minimum Gasteiger partial charge on any atom is -0.361 e. The molecule has 1 atom stereocenters. The molecule has 0 bridgehead atoms. The molecule has 2 aromatic rings. The van der Waals surface area contributed by atoms with Crippen LogP contribution in [0.2, 0.25) is 0 Å². The van der Waals surface area contributed by atoms with Crippen molar-refractivity contribution in [2.45, 2.75) is 44.6 Å². The van der Waals surface area contributed by atoms with E-state index in [-0.39, 0.29) is 17.7 Å². The number of carbonyl (C=O) groups is 2. The maximum Gasteiger partial charge on any atom is 0.225 e. The van der Waals surface area contributed by atoms with Crippen LogP contribution < -0.4 is 5.32 Å². The smallest absolute Gasteiger partial charge is 0.225 e. The van der Waals surface area contributed by atoms with Crippen LogP contribution >= 0.6 is 0 Å². The molecule has 1 aliphatic heterocycles. The molecule has 2 N–H and O–H groups in total. The Morgan fingerprint density at radius 3 is 2.88 bits per heavy atom. The zero-order valence-electron chi connectivity index (χ0n) is 14.5. The lowest BCUT2D eigenvalue weighted by Gasteiger charge is -2.32. The molecule has 0 spiro atoms. The van der Waals surface area contributed by atoms with Gasteiger partial charge in [-0.25, -0.2) is 0 Å². The summed E-state index contributed by atoms with van der Waals surface area (Å²) in [4.78, 5) is 30.0. The van der Waals surface area contributed by atoms with Crippen LogP contribution in [-0.2, 0) is 16.0 Å². The fourth-order valence-electron chi connectivity index (χ4n) is 3.70. The first kappa shape index (κ1) is 16.2. The van der Waals surface area contributed by atoms with Crippen molar-refractivity contribution >= 4 is 22.7 Å². The fraction of sp³-hybridized carbons (Fsp3) is 0.500. The van der Waals surface area contributed by atoms with Gasteiger partial charge in [-0.1, -0.05) is 18.2 Å². The highest BCUT2D eigenvalue weighted by molar-refractivity contribution is 5.85. The zero-order valence-corrected chi connectivity index (χ0v) is 14.5. The second-order valence-electron chi connectivity index (χ2n) is 7.32. The van der Waals surface area contributed by atoms with E-state index in [0.717, 1.165) is 44.2 Å². The molecule has 25 heavy (non-hydrogen) atoms. The van der Waals surface area contributed by atoms with Gasteiger partial charge in [-0.3, -0.25) is 9.59 Å². The van der Waals surface area contributed by atoms with Gasteiger partial charge in [0, 0.05) is 42.7 Å². The third-order valence-corrected chi connectivity index (χ3v) is 5.35. The number of piperidine rings is 1. The number of fused-ring (bicyclic) bond motifs is 1. The van der Waals surface area contributed by atoms with Crippen LogP contribution in [0, 0.1) is 5.92 Å². The molecule has 5 nitrogen and oxygen atoms in total. The summed E-state index contributed by atoms with van der Waals surface area (Å²) in [6.45, 7) is 1.35. The molecule has 1 aromatic carbocycles. The van der Waals surface area contributed by atoms with Crippen LogP contribution in [0.25, 0.3) is 10.9 Å².